The second kappa shape index (κ2) is 8.85. The summed E-state index contributed by atoms with van der Waals surface area (Å²) in [4.78, 5) is 22.7. The molecule has 0 heterocycles. The first-order chi connectivity index (χ1) is 9.63. The van der Waals surface area contributed by atoms with Crippen LogP contribution in [-0.2, 0) is 14.3 Å². The number of para-hydroxylation sites is 1. The molecule has 108 valence electrons. The van der Waals surface area contributed by atoms with E-state index < -0.39 is 17.8 Å². The molecule has 0 saturated heterocycles. The molecule has 0 N–H and O–H groups in total. The van der Waals surface area contributed by atoms with E-state index in [0.29, 0.717) is 13.0 Å². The highest BCUT2D eigenvalue weighted by atomic mass is 19.1. The number of hydrogen-bond donors (Lipinski definition) is 0. The predicted octanol–water partition coefficient (Wildman–Crippen LogP) is 3.02. The summed E-state index contributed by atoms with van der Waals surface area (Å²) in [7, 11) is 0. The third-order valence-electron chi connectivity index (χ3n) is 2.41. The standard InChI is InChI=1S/C15H17FO4/c1-2-3-6-11-19-14(17)9-10-15(18)20-13-8-5-4-7-12(13)16/h2,4-5,7-8H,1,3,6,9-11H2. The summed E-state index contributed by atoms with van der Waals surface area (Å²) in [5, 5.41) is 0. The maximum absolute atomic E-state index is 13.2. The van der Waals surface area contributed by atoms with Crippen molar-refractivity contribution in [3.63, 3.8) is 0 Å². The molecule has 0 atom stereocenters. The molecule has 0 fully saturated rings. The van der Waals surface area contributed by atoms with Gasteiger partial charge in [0.05, 0.1) is 19.4 Å². The summed E-state index contributed by atoms with van der Waals surface area (Å²) >= 11 is 0. The van der Waals surface area contributed by atoms with Crippen LogP contribution < -0.4 is 4.74 Å². The molecule has 0 amide bonds. The minimum absolute atomic E-state index is 0.0820. The summed E-state index contributed by atoms with van der Waals surface area (Å²) < 4.78 is 22.9. The van der Waals surface area contributed by atoms with Gasteiger partial charge in [-0.15, -0.1) is 6.58 Å². The van der Waals surface area contributed by atoms with E-state index >= 15 is 0 Å². The number of benzene rings is 1. The molecule has 0 spiro atoms. The Balaban J connectivity index is 2.24. The fraction of sp³-hybridized carbons (Fsp3) is 0.333. The molecular formula is C15H17FO4. The van der Waals surface area contributed by atoms with Gasteiger partial charge in [-0.05, 0) is 25.0 Å². The average Bonchev–Trinajstić information content (AvgIpc) is 2.44. The molecule has 20 heavy (non-hydrogen) atoms. The van der Waals surface area contributed by atoms with Crippen molar-refractivity contribution >= 4 is 11.9 Å². The van der Waals surface area contributed by atoms with Gasteiger partial charge in [0, 0.05) is 0 Å². The number of esters is 2. The monoisotopic (exact) mass is 280 g/mol. The van der Waals surface area contributed by atoms with Crippen LogP contribution in [0.3, 0.4) is 0 Å². The Morgan fingerprint density at radius 1 is 1.20 bits per heavy atom. The Morgan fingerprint density at radius 3 is 2.60 bits per heavy atom. The molecule has 0 unspecified atom stereocenters. The molecule has 0 saturated carbocycles. The van der Waals surface area contributed by atoms with Gasteiger partial charge >= 0.3 is 11.9 Å². The molecule has 0 radical (unpaired) electrons. The highest BCUT2D eigenvalue weighted by molar-refractivity contribution is 5.79. The van der Waals surface area contributed by atoms with Gasteiger partial charge in [0.1, 0.15) is 0 Å². The van der Waals surface area contributed by atoms with Crippen LogP contribution in [0.4, 0.5) is 4.39 Å². The van der Waals surface area contributed by atoms with Crippen LogP contribution in [0.1, 0.15) is 25.7 Å². The van der Waals surface area contributed by atoms with Crippen LogP contribution in [0, 0.1) is 5.82 Å². The fourth-order valence-electron chi connectivity index (χ4n) is 1.39. The molecule has 0 aliphatic carbocycles. The van der Waals surface area contributed by atoms with Gasteiger partial charge in [-0.25, -0.2) is 4.39 Å². The third-order valence-corrected chi connectivity index (χ3v) is 2.41. The quantitative estimate of drug-likeness (QED) is 0.318. The lowest BCUT2D eigenvalue weighted by atomic mass is 10.3. The highest BCUT2D eigenvalue weighted by Gasteiger charge is 2.11. The molecular weight excluding hydrogens is 263 g/mol. The summed E-state index contributed by atoms with van der Waals surface area (Å²) in [6.45, 7) is 3.85. The van der Waals surface area contributed by atoms with E-state index in [1.54, 1.807) is 12.1 Å². The number of hydrogen-bond acceptors (Lipinski definition) is 4. The number of rotatable bonds is 8. The third kappa shape index (κ3) is 6.13. The smallest absolute Gasteiger partial charge is 0.311 e. The van der Waals surface area contributed by atoms with Crippen molar-refractivity contribution in [2.45, 2.75) is 25.7 Å². The van der Waals surface area contributed by atoms with Gasteiger partial charge in [-0.2, -0.15) is 0 Å². The zero-order valence-electron chi connectivity index (χ0n) is 11.1. The van der Waals surface area contributed by atoms with Gasteiger partial charge in [0.15, 0.2) is 11.6 Å². The van der Waals surface area contributed by atoms with E-state index in [1.165, 1.54) is 18.2 Å². The molecule has 0 aliphatic heterocycles. The first-order valence-corrected chi connectivity index (χ1v) is 6.35. The largest absolute Gasteiger partial charge is 0.466 e. The van der Waals surface area contributed by atoms with Gasteiger partial charge in [0.25, 0.3) is 0 Å². The minimum Gasteiger partial charge on any atom is -0.466 e. The maximum Gasteiger partial charge on any atom is 0.311 e. The van der Waals surface area contributed by atoms with E-state index in [4.69, 9.17) is 9.47 Å². The number of halogens is 1. The molecule has 0 aliphatic rings. The number of carbonyl (C=O) groups is 2. The van der Waals surface area contributed by atoms with Crippen LogP contribution in [0.25, 0.3) is 0 Å². The van der Waals surface area contributed by atoms with E-state index in [-0.39, 0.29) is 18.6 Å². The Hall–Kier alpha value is -2.17. The van der Waals surface area contributed by atoms with Crippen molar-refractivity contribution in [2.24, 2.45) is 0 Å². The van der Waals surface area contributed by atoms with Gasteiger partial charge in [0.2, 0.25) is 0 Å². The second-order valence-corrected chi connectivity index (χ2v) is 4.06. The fourth-order valence-corrected chi connectivity index (χ4v) is 1.39. The highest BCUT2D eigenvalue weighted by Crippen LogP contribution is 2.16. The molecule has 0 aromatic heterocycles. The molecule has 1 aromatic carbocycles. The Bertz CT molecular complexity index is 471. The van der Waals surface area contributed by atoms with E-state index in [9.17, 15) is 14.0 Å². The number of carbonyl (C=O) groups excluding carboxylic acids is 2. The SMILES string of the molecule is C=CCCCOC(=O)CCC(=O)Oc1ccccc1F. The van der Waals surface area contributed by atoms with Crippen LogP contribution in [0.2, 0.25) is 0 Å². The van der Waals surface area contributed by atoms with Gasteiger partial charge in [-0.3, -0.25) is 9.59 Å². The first kappa shape index (κ1) is 15.9. The van der Waals surface area contributed by atoms with Crippen molar-refractivity contribution in [1.29, 1.82) is 0 Å². The van der Waals surface area contributed by atoms with Crippen LogP contribution in [-0.4, -0.2) is 18.5 Å². The number of ether oxygens (including phenoxy) is 2. The summed E-state index contributed by atoms with van der Waals surface area (Å²) in [6, 6.07) is 5.59. The van der Waals surface area contributed by atoms with E-state index in [2.05, 4.69) is 6.58 Å². The molecule has 1 rings (SSSR count). The van der Waals surface area contributed by atoms with Crippen LogP contribution >= 0.6 is 0 Å². The van der Waals surface area contributed by atoms with Gasteiger partial charge < -0.3 is 9.47 Å². The molecule has 0 bridgehead atoms. The number of allylic oxidation sites excluding steroid dienone is 1. The number of unbranched alkanes of at least 4 members (excludes halogenated alkanes) is 1. The minimum atomic E-state index is -0.668. The summed E-state index contributed by atoms with van der Waals surface area (Å²) in [6.07, 6.45) is 2.98. The lowest BCUT2D eigenvalue weighted by Gasteiger charge is -2.05. The van der Waals surface area contributed by atoms with Crippen molar-refractivity contribution in [3.05, 3.63) is 42.7 Å². The molecule has 1 aromatic rings. The maximum atomic E-state index is 13.2. The lowest BCUT2D eigenvalue weighted by molar-refractivity contribution is -0.147. The molecule has 4 nitrogen and oxygen atoms in total. The van der Waals surface area contributed by atoms with Crippen molar-refractivity contribution in [1.82, 2.24) is 0 Å². The zero-order valence-corrected chi connectivity index (χ0v) is 11.1. The first-order valence-electron chi connectivity index (χ1n) is 6.35. The van der Waals surface area contributed by atoms with Crippen LogP contribution in [0.15, 0.2) is 36.9 Å². The summed E-state index contributed by atoms with van der Waals surface area (Å²) in [5.41, 5.74) is 0. The average molecular weight is 280 g/mol. The zero-order chi connectivity index (χ0) is 14.8. The second-order valence-electron chi connectivity index (χ2n) is 4.06. The lowest BCUT2D eigenvalue weighted by Crippen LogP contribution is -2.13. The normalized spacial score (nSPS) is 9.85. The van der Waals surface area contributed by atoms with Crippen LogP contribution in [0.5, 0.6) is 5.75 Å². The Morgan fingerprint density at radius 2 is 1.90 bits per heavy atom. The van der Waals surface area contributed by atoms with Crippen molar-refractivity contribution < 1.29 is 23.5 Å². The molecule has 5 heteroatoms. The Labute approximate surface area is 117 Å². The van der Waals surface area contributed by atoms with E-state index in [0.717, 1.165) is 6.42 Å². The topological polar surface area (TPSA) is 52.6 Å². The Kier molecular flexibility index (Phi) is 7.03. The van der Waals surface area contributed by atoms with Gasteiger partial charge in [-0.1, -0.05) is 18.2 Å². The van der Waals surface area contributed by atoms with Crippen molar-refractivity contribution in [3.8, 4) is 5.75 Å². The predicted molar refractivity (Wildman–Crippen MR) is 71.7 cm³/mol. The summed E-state index contributed by atoms with van der Waals surface area (Å²) in [5.74, 6) is -1.90. The van der Waals surface area contributed by atoms with E-state index in [1.807, 2.05) is 0 Å². The van der Waals surface area contributed by atoms with Crippen molar-refractivity contribution in [2.75, 3.05) is 6.61 Å².